The molecule has 0 amide bonds. The lowest BCUT2D eigenvalue weighted by Crippen LogP contribution is -3.00. The molecular formula is C28H33Cl4N5. The van der Waals surface area contributed by atoms with Gasteiger partial charge in [0.2, 0.25) is 6.33 Å². The van der Waals surface area contributed by atoms with E-state index in [1.54, 1.807) is 5.57 Å². The predicted octanol–water partition coefficient (Wildman–Crippen LogP) is 2.50. The minimum atomic E-state index is 0. The van der Waals surface area contributed by atoms with Crippen molar-refractivity contribution in [1.29, 1.82) is 0 Å². The smallest absolute Gasteiger partial charge is 0.243 e. The average Bonchev–Trinajstić information content (AvgIpc) is 3.56. The molecule has 4 heterocycles. The molecule has 2 atom stereocenters. The first kappa shape index (κ1) is 28.3. The Morgan fingerprint density at radius 2 is 1.95 bits per heavy atom. The van der Waals surface area contributed by atoms with Gasteiger partial charge in [-0.25, -0.2) is 14.1 Å². The average molecular weight is 581 g/mol. The highest BCUT2D eigenvalue weighted by atomic mass is 35.5. The fourth-order valence-corrected chi connectivity index (χ4v) is 6.53. The number of benzene rings is 1. The maximum atomic E-state index is 6.40. The van der Waals surface area contributed by atoms with E-state index in [4.69, 9.17) is 28.2 Å². The summed E-state index contributed by atoms with van der Waals surface area (Å²) in [6.45, 7) is 6.14. The first-order valence-electron chi connectivity index (χ1n) is 12.6. The van der Waals surface area contributed by atoms with Gasteiger partial charge in [-0.1, -0.05) is 29.3 Å². The topological polar surface area (TPSA) is 28.2 Å². The summed E-state index contributed by atoms with van der Waals surface area (Å²) in [4.78, 5) is 10.1. The molecule has 1 aliphatic carbocycles. The molecule has 2 unspecified atom stereocenters. The number of fused-ring (bicyclic) bond motifs is 2. The molecule has 1 saturated heterocycles. The number of aryl methyl sites for hydroxylation is 2. The summed E-state index contributed by atoms with van der Waals surface area (Å²) in [5, 5.41) is 1.57. The molecule has 9 heteroatoms. The Balaban J connectivity index is 0.00000160. The van der Waals surface area contributed by atoms with E-state index in [-0.39, 0.29) is 24.8 Å². The minimum absolute atomic E-state index is 0. The number of halogens is 4. The SMILES string of the molecule is Cc1nc(N2CCCC2CN2CCC3=C(Cc4ccc(Cl)cc43)C2Cn2cc[n+](C)c2)ccc1Cl.Cl.[Cl-]. The molecule has 0 saturated carbocycles. The molecule has 5 nitrogen and oxygen atoms in total. The van der Waals surface area contributed by atoms with Crippen molar-refractivity contribution in [2.75, 3.05) is 24.5 Å². The monoisotopic (exact) mass is 579 g/mol. The summed E-state index contributed by atoms with van der Waals surface area (Å²) >= 11 is 12.7. The summed E-state index contributed by atoms with van der Waals surface area (Å²) < 4.78 is 4.46. The minimum Gasteiger partial charge on any atom is -1.00 e. The first-order valence-corrected chi connectivity index (χ1v) is 13.4. The number of rotatable bonds is 5. The Bertz CT molecular complexity index is 1300. The number of hydrogen-bond acceptors (Lipinski definition) is 3. The Hall–Kier alpha value is -1.76. The number of aromatic nitrogens is 3. The van der Waals surface area contributed by atoms with Gasteiger partial charge < -0.3 is 17.3 Å². The lowest BCUT2D eigenvalue weighted by molar-refractivity contribution is -0.671. The zero-order chi connectivity index (χ0) is 24.1. The second kappa shape index (κ2) is 11.5. The number of imidazole rings is 1. The Morgan fingerprint density at radius 3 is 2.70 bits per heavy atom. The third kappa shape index (κ3) is 5.53. The van der Waals surface area contributed by atoms with Crippen LogP contribution in [0.15, 0.2) is 54.6 Å². The third-order valence-electron chi connectivity index (χ3n) is 7.99. The van der Waals surface area contributed by atoms with Gasteiger partial charge in [0.15, 0.2) is 0 Å². The number of anilines is 1. The van der Waals surface area contributed by atoms with Gasteiger partial charge in [-0.05, 0) is 79.1 Å². The van der Waals surface area contributed by atoms with Crippen LogP contribution in [0, 0.1) is 6.92 Å². The van der Waals surface area contributed by atoms with Crippen LogP contribution in [0.2, 0.25) is 10.0 Å². The lowest BCUT2D eigenvalue weighted by atomic mass is 9.92. The Morgan fingerprint density at radius 1 is 1.11 bits per heavy atom. The van der Waals surface area contributed by atoms with Gasteiger partial charge in [-0.2, -0.15) is 0 Å². The van der Waals surface area contributed by atoms with Crippen molar-refractivity contribution in [2.24, 2.45) is 7.05 Å². The van der Waals surface area contributed by atoms with Gasteiger partial charge in [0.05, 0.1) is 23.8 Å². The molecule has 198 valence electrons. The van der Waals surface area contributed by atoms with Crippen LogP contribution in [0.4, 0.5) is 5.82 Å². The first-order chi connectivity index (χ1) is 17.0. The second-order valence-corrected chi connectivity index (χ2v) is 11.1. The van der Waals surface area contributed by atoms with Crippen molar-refractivity contribution in [3.8, 4) is 0 Å². The quantitative estimate of drug-likeness (QED) is 0.434. The molecule has 0 N–H and O–H groups in total. The van der Waals surface area contributed by atoms with Gasteiger partial charge in [0, 0.05) is 30.7 Å². The molecule has 3 aliphatic rings. The number of hydrogen-bond donors (Lipinski definition) is 0. The zero-order valence-corrected chi connectivity index (χ0v) is 24.3. The molecule has 2 aromatic heterocycles. The highest BCUT2D eigenvalue weighted by Crippen LogP contribution is 2.42. The number of pyridine rings is 1. The maximum Gasteiger partial charge on any atom is 0.243 e. The van der Waals surface area contributed by atoms with E-state index in [1.165, 1.54) is 29.5 Å². The van der Waals surface area contributed by atoms with Gasteiger partial charge in [-0.3, -0.25) is 4.90 Å². The molecular weight excluding hydrogens is 548 g/mol. The van der Waals surface area contributed by atoms with Gasteiger partial charge in [0.25, 0.3) is 0 Å². The van der Waals surface area contributed by atoms with Crippen LogP contribution < -0.4 is 21.9 Å². The normalized spacial score (nSPS) is 20.9. The zero-order valence-electron chi connectivity index (χ0n) is 21.2. The standard InChI is InChI=1S/C28H32Cl2N5.2ClH/c1-19-26(30)7-8-28(31-19)35-10-3-4-22(35)16-34-11-9-23-24-15-21(29)6-5-20(24)14-25(23)27(34)17-33-13-12-32(2)18-33;;/h5-8,12-13,15,18,22,27H,3-4,9-11,14,16-17H2,1-2H3;2*1H/q+1;;/p-1. The lowest BCUT2D eigenvalue weighted by Gasteiger charge is -2.39. The molecule has 0 bridgehead atoms. The van der Waals surface area contributed by atoms with Gasteiger partial charge in [0.1, 0.15) is 24.8 Å². The van der Waals surface area contributed by atoms with Crippen LogP contribution in [0.5, 0.6) is 0 Å². The summed E-state index contributed by atoms with van der Waals surface area (Å²) in [6.07, 6.45) is 11.0. The second-order valence-electron chi connectivity index (χ2n) is 10.2. The predicted molar refractivity (Wildman–Crippen MR) is 149 cm³/mol. The van der Waals surface area contributed by atoms with Gasteiger partial charge in [-0.15, -0.1) is 12.4 Å². The van der Waals surface area contributed by atoms with E-state index in [9.17, 15) is 0 Å². The van der Waals surface area contributed by atoms with Crippen LogP contribution in [0.3, 0.4) is 0 Å². The molecule has 37 heavy (non-hydrogen) atoms. The molecule has 1 fully saturated rings. The highest BCUT2D eigenvalue weighted by molar-refractivity contribution is 6.31. The van der Waals surface area contributed by atoms with E-state index < -0.39 is 0 Å². The van der Waals surface area contributed by atoms with E-state index >= 15 is 0 Å². The van der Waals surface area contributed by atoms with Crippen molar-refractivity contribution >= 4 is 47.0 Å². The van der Waals surface area contributed by atoms with Crippen LogP contribution in [0.25, 0.3) is 5.57 Å². The van der Waals surface area contributed by atoms with E-state index in [0.29, 0.717) is 12.1 Å². The molecule has 0 radical (unpaired) electrons. The Labute approximate surface area is 241 Å². The fourth-order valence-electron chi connectivity index (χ4n) is 6.26. The Kier molecular flexibility index (Phi) is 8.82. The van der Waals surface area contributed by atoms with Crippen LogP contribution in [0.1, 0.15) is 36.1 Å². The van der Waals surface area contributed by atoms with Crippen molar-refractivity contribution in [3.63, 3.8) is 0 Å². The highest BCUT2D eigenvalue weighted by Gasteiger charge is 2.38. The fraction of sp³-hybridized carbons (Fsp3) is 0.429. The summed E-state index contributed by atoms with van der Waals surface area (Å²) in [5.74, 6) is 1.06. The largest absolute Gasteiger partial charge is 1.00 e. The van der Waals surface area contributed by atoms with Crippen LogP contribution in [-0.4, -0.2) is 46.2 Å². The van der Waals surface area contributed by atoms with Crippen LogP contribution in [-0.2, 0) is 20.0 Å². The molecule has 2 aliphatic heterocycles. The molecule has 6 rings (SSSR count). The third-order valence-corrected chi connectivity index (χ3v) is 8.62. The summed E-state index contributed by atoms with van der Waals surface area (Å²) in [5.41, 5.74) is 6.81. The molecule has 3 aromatic rings. The van der Waals surface area contributed by atoms with Crippen molar-refractivity contribution in [1.82, 2.24) is 14.5 Å². The summed E-state index contributed by atoms with van der Waals surface area (Å²) in [7, 11) is 2.09. The number of nitrogens with zero attached hydrogens (tertiary/aromatic N) is 5. The van der Waals surface area contributed by atoms with Gasteiger partial charge >= 0.3 is 0 Å². The maximum absolute atomic E-state index is 6.40. The molecule has 0 spiro atoms. The van der Waals surface area contributed by atoms with Crippen molar-refractivity contribution < 1.29 is 17.0 Å². The van der Waals surface area contributed by atoms with Crippen molar-refractivity contribution in [2.45, 2.75) is 51.2 Å². The van der Waals surface area contributed by atoms with Crippen molar-refractivity contribution in [3.05, 3.63) is 81.5 Å². The van der Waals surface area contributed by atoms with Crippen LogP contribution >= 0.6 is 35.6 Å². The van der Waals surface area contributed by atoms with E-state index in [0.717, 1.165) is 60.6 Å². The van der Waals surface area contributed by atoms with E-state index in [1.807, 2.05) is 19.1 Å². The van der Waals surface area contributed by atoms with E-state index in [2.05, 4.69) is 62.9 Å². The summed E-state index contributed by atoms with van der Waals surface area (Å²) in [6, 6.07) is 11.3. The molecule has 1 aromatic carbocycles.